The molecule has 4 heteroatoms. The largest absolute Gasteiger partial charge is 0.481 e. The van der Waals surface area contributed by atoms with Crippen LogP contribution in [0.3, 0.4) is 0 Å². The molecule has 0 aliphatic heterocycles. The monoisotopic (exact) mass is 269 g/mol. The van der Waals surface area contributed by atoms with Gasteiger partial charge in [-0.1, -0.05) is 20.8 Å². The van der Waals surface area contributed by atoms with E-state index in [9.17, 15) is 14.7 Å². The summed E-state index contributed by atoms with van der Waals surface area (Å²) in [5.41, 5.74) is -0.980. The van der Waals surface area contributed by atoms with Crippen LogP contribution < -0.4 is 5.32 Å². The average Bonchev–Trinajstić information content (AvgIpc) is 2.31. The number of amides is 1. The van der Waals surface area contributed by atoms with E-state index in [1.807, 2.05) is 13.8 Å². The van der Waals surface area contributed by atoms with Gasteiger partial charge in [0.25, 0.3) is 0 Å². The summed E-state index contributed by atoms with van der Waals surface area (Å²) in [4.78, 5) is 23.4. The van der Waals surface area contributed by atoms with Crippen LogP contribution in [0.1, 0.15) is 59.8 Å². The number of hydrogen-bond donors (Lipinski definition) is 2. The van der Waals surface area contributed by atoms with Gasteiger partial charge in [-0.15, -0.1) is 0 Å². The highest BCUT2D eigenvalue weighted by Crippen LogP contribution is 2.31. The zero-order chi connectivity index (χ0) is 14.6. The van der Waals surface area contributed by atoms with Gasteiger partial charge >= 0.3 is 5.97 Å². The molecule has 0 heterocycles. The lowest BCUT2D eigenvalue weighted by Crippen LogP contribution is -2.43. The highest BCUT2D eigenvalue weighted by molar-refractivity contribution is 5.85. The minimum atomic E-state index is -0.980. The highest BCUT2D eigenvalue weighted by atomic mass is 16.4. The van der Waals surface area contributed by atoms with Gasteiger partial charge in [0.15, 0.2) is 0 Å². The average molecular weight is 269 g/mol. The Balaban J connectivity index is 2.52. The fraction of sp³-hybridized carbons (Fsp3) is 0.867. The smallest absolute Gasteiger partial charge is 0.310 e. The van der Waals surface area contributed by atoms with Crippen molar-refractivity contribution in [2.75, 3.05) is 0 Å². The van der Waals surface area contributed by atoms with Crippen LogP contribution in [0.5, 0.6) is 0 Å². The van der Waals surface area contributed by atoms with Crippen molar-refractivity contribution in [2.24, 2.45) is 17.3 Å². The lowest BCUT2D eigenvalue weighted by atomic mass is 9.76. The molecular weight excluding hydrogens is 242 g/mol. The zero-order valence-electron chi connectivity index (χ0n) is 12.5. The van der Waals surface area contributed by atoms with Gasteiger partial charge in [0.05, 0.1) is 5.41 Å². The second kappa shape index (κ2) is 6.40. The summed E-state index contributed by atoms with van der Waals surface area (Å²) >= 11 is 0. The fourth-order valence-electron chi connectivity index (χ4n) is 2.54. The SMILES string of the molecule is CC1CCC(NC(=O)CC(C)(C(=O)O)C(C)C)CC1. The molecule has 1 amide bonds. The Morgan fingerprint density at radius 3 is 2.21 bits per heavy atom. The summed E-state index contributed by atoms with van der Waals surface area (Å²) in [5.74, 6) is -0.344. The molecule has 0 aromatic rings. The maximum Gasteiger partial charge on any atom is 0.310 e. The first-order valence-electron chi connectivity index (χ1n) is 7.28. The van der Waals surface area contributed by atoms with Gasteiger partial charge in [0.2, 0.25) is 5.91 Å². The quantitative estimate of drug-likeness (QED) is 0.806. The first-order chi connectivity index (χ1) is 8.75. The van der Waals surface area contributed by atoms with E-state index < -0.39 is 11.4 Å². The number of aliphatic carboxylic acids is 1. The van der Waals surface area contributed by atoms with Gasteiger partial charge in [0, 0.05) is 12.5 Å². The van der Waals surface area contributed by atoms with Crippen LogP contribution in [-0.4, -0.2) is 23.0 Å². The number of hydrogen-bond acceptors (Lipinski definition) is 2. The van der Waals surface area contributed by atoms with Gasteiger partial charge in [-0.25, -0.2) is 0 Å². The van der Waals surface area contributed by atoms with Crippen LogP contribution in [0.2, 0.25) is 0 Å². The van der Waals surface area contributed by atoms with Crippen LogP contribution in [0.4, 0.5) is 0 Å². The Morgan fingerprint density at radius 2 is 1.79 bits per heavy atom. The zero-order valence-corrected chi connectivity index (χ0v) is 12.5. The molecule has 1 fully saturated rings. The summed E-state index contributed by atoms with van der Waals surface area (Å²) < 4.78 is 0. The maximum atomic E-state index is 12.0. The van der Waals surface area contributed by atoms with E-state index in [0.717, 1.165) is 31.6 Å². The second-order valence-electron chi connectivity index (χ2n) is 6.58. The van der Waals surface area contributed by atoms with E-state index in [0.29, 0.717) is 0 Å². The molecule has 0 aromatic heterocycles. The molecule has 1 saturated carbocycles. The third-order valence-electron chi connectivity index (χ3n) is 4.67. The molecule has 0 saturated heterocycles. The number of carbonyl (C=O) groups excluding carboxylic acids is 1. The summed E-state index contributed by atoms with van der Waals surface area (Å²) in [7, 11) is 0. The third kappa shape index (κ3) is 4.22. The molecule has 110 valence electrons. The first kappa shape index (κ1) is 16.0. The van der Waals surface area contributed by atoms with Crippen molar-refractivity contribution < 1.29 is 14.7 Å². The molecule has 0 aromatic carbocycles. The number of nitrogens with one attached hydrogen (secondary N) is 1. The molecule has 0 bridgehead atoms. The Labute approximate surface area is 116 Å². The van der Waals surface area contributed by atoms with E-state index in [1.54, 1.807) is 6.92 Å². The molecule has 2 N–H and O–H groups in total. The van der Waals surface area contributed by atoms with Crippen molar-refractivity contribution in [1.29, 1.82) is 0 Å². The van der Waals surface area contributed by atoms with Crippen LogP contribution in [0.15, 0.2) is 0 Å². The Morgan fingerprint density at radius 1 is 1.26 bits per heavy atom. The lowest BCUT2D eigenvalue weighted by Gasteiger charge is -2.31. The Bertz CT molecular complexity index is 332. The van der Waals surface area contributed by atoms with Crippen LogP contribution in [0, 0.1) is 17.3 Å². The number of rotatable bonds is 5. The van der Waals surface area contributed by atoms with Crippen molar-refractivity contribution in [1.82, 2.24) is 5.32 Å². The van der Waals surface area contributed by atoms with Crippen molar-refractivity contribution in [3.05, 3.63) is 0 Å². The predicted octanol–water partition coefficient (Wildman–Crippen LogP) is 2.82. The highest BCUT2D eigenvalue weighted by Gasteiger charge is 2.39. The lowest BCUT2D eigenvalue weighted by molar-refractivity contribution is -0.153. The molecule has 0 spiro atoms. The van der Waals surface area contributed by atoms with Gasteiger partial charge in [-0.3, -0.25) is 9.59 Å². The molecule has 0 radical (unpaired) electrons. The minimum absolute atomic E-state index is 0.0616. The standard InChI is InChI=1S/C15H27NO3/c1-10(2)15(4,14(18)19)9-13(17)16-12-7-5-11(3)6-8-12/h10-12H,5-9H2,1-4H3,(H,16,17)(H,18,19). The topological polar surface area (TPSA) is 66.4 Å². The summed E-state index contributed by atoms with van der Waals surface area (Å²) in [6, 6.07) is 0.230. The third-order valence-corrected chi connectivity index (χ3v) is 4.67. The summed E-state index contributed by atoms with van der Waals surface area (Å²) in [6.07, 6.45) is 4.37. The van der Waals surface area contributed by atoms with E-state index in [-0.39, 0.29) is 24.3 Å². The van der Waals surface area contributed by atoms with E-state index >= 15 is 0 Å². The van der Waals surface area contributed by atoms with Crippen molar-refractivity contribution >= 4 is 11.9 Å². The van der Waals surface area contributed by atoms with E-state index in [4.69, 9.17) is 0 Å². The van der Waals surface area contributed by atoms with E-state index in [1.165, 1.54) is 0 Å². The molecule has 1 unspecified atom stereocenters. The van der Waals surface area contributed by atoms with Gasteiger partial charge < -0.3 is 10.4 Å². The summed E-state index contributed by atoms with van der Waals surface area (Å²) in [5, 5.41) is 12.3. The molecule has 1 atom stereocenters. The molecule has 4 nitrogen and oxygen atoms in total. The molecule has 1 aliphatic rings. The Kier molecular flexibility index (Phi) is 5.39. The van der Waals surface area contributed by atoms with Crippen molar-refractivity contribution in [3.8, 4) is 0 Å². The molecule has 19 heavy (non-hydrogen) atoms. The Hall–Kier alpha value is -1.06. The summed E-state index contributed by atoms with van der Waals surface area (Å²) in [6.45, 7) is 7.59. The van der Waals surface area contributed by atoms with Crippen molar-refractivity contribution in [3.63, 3.8) is 0 Å². The first-order valence-corrected chi connectivity index (χ1v) is 7.28. The minimum Gasteiger partial charge on any atom is -0.481 e. The number of carbonyl (C=O) groups is 2. The van der Waals surface area contributed by atoms with E-state index in [2.05, 4.69) is 12.2 Å². The van der Waals surface area contributed by atoms with Gasteiger partial charge in [-0.2, -0.15) is 0 Å². The van der Waals surface area contributed by atoms with Crippen LogP contribution >= 0.6 is 0 Å². The van der Waals surface area contributed by atoms with Crippen molar-refractivity contribution in [2.45, 2.75) is 65.8 Å². The van der Waals surface area contributed by atoms with Gasteiger partial charge in [0.1, 0.15) is 0 Å². The normalized spacial score (nSPS) is 26.8. The molecular formula is C15H27NO3. The number of carboxylic acid groups (broad SMARTS) is 1. The second-order valence-corrected chi connectivity index (χ2v) is 6.58. The molecule has 1 rings (SSSR count). The maximum absolute atomic E-state index is 12.0. The molecule has 1 aliphatic carbocycles. The van der Waals surface area contributed by atoms with Crippen LogP contribution in [-0.2, 0) is 9.59 Å². The fourth-order valence-corrected chi connectivity index (χ4v) is 2.54. The van der Waals surface area contributed by atoms with Crippen LogP contribution in [0.25, 0.3) is 0 Å². The number of carboxylic acids is 1. The predicted molar refractivity (Wildman–Crippen MR) is 74.8 cm³/mol. The van der Waals surface area contributed by atoms with Gasteiger partial charge in [-0.05, 0) is 44.4 Å².